The number of aryl methyl sites for hydroxylation is 2. The van der Waals surface area contributed by atoms with Gasteiger partial charge >= 0.3 is 0 Å². The van der Waals surface area contributed by atoms with Gasteiger partial charge in [-0.2, -0.15) is 10.1 Å². The van der Waals surface area contributed by atoms with Crippen molar-refractivity contribution in [2.45, 2.75) is 26.5 Å². The number of nitrogen functional groups attached to an aromatic ring is 1. The molecule has 3 rings (SSSR count). The molecule has 0 radical (unpaired) electrons. The van der Waals surface area contributed by atoms with E-state index in [4.69, 9.17) is 10.5 Å². The molecule has 0 bridgehead atoms. The van der Waals surface area contributed by atoms with Crippen LogP contribution in [-0.4, -0.2) is 45.5 Å². The first-order valence-corrected chi connectivity index (χ1v) is 7.07. The van der Waals surface area contributed by atoms with Crippen LogP contribution in [0.15, 0.2) is 18.5 Å². The van der Waals surface area contributed by atoms with Gasteiger partial charge in [0.05, 0.1) is 25.5 Å². The molecule has 1 fully saturated rings. The Morgan fingerprint density at radius 1 is 1.38 bits per heavy atom. The smallest absolute Gasteiger partial charge is 0.222 e. The zero-order valence-electron chi connectivity index (χ0n) is 12.4. The summed E-state index contributed by atoms with van der Waals surface area (Å²) in [4.78, 5) is 10.6. The predicted octanol–water partition coefficient (Wildman–Crippen LogP) is 0.778. The van der Waals surface area contributed by atoms with Gasteiger partial charge in [-0.3, -0.25) is 4.68 Å². The Kier molecular flexibility index (Phi) is 3.74. The molecule has 0 amide bonds. The van der Waals surface area contributed by atoms with Crippen LogP contribution in [0.1, 0.15) is 11.3 Å². The second-order valence-electron chi connectivity index (χ2n) is 5.40. The molecule has 7 heteroatoms. The number of ether oxygens (including phenoxy) is 1. The zero-order chi connectivity index (χ0) is 14.8. The Hall–Kier alpha value is -2.15. The molecule has 0 saturated carbocycles. The van der Waals surface area contributed by atoms with Gasteiger partial charge in [0.25, 0.3) is 0 Å². The highest BCUT2D eigenvalue weighted by molar-refractivity contribution is 5.43. The molecule has 21 heavy (non-hydrogen) atoms. The molecule has 1 saturated heterocycles. The largest absolute Gasteiger partial charge is 0.373 e. The van der Waals surface area contributed by atoms with Crippen molar-refractivity contribution in [2.24, 2.45) is 0 Å². The first-order chi connectivity index (χ1) is 10.1. The van der Waals surface area contributed by atoms with E-state index in [0.717, 1.165) is 36.7 Å². The second-order valence-corrected chi connectivity index (χ2v) is 5.40. The van der Waals surface area contributed by atoms with Gasteiger partial charge in [-0.15, -0.1) is 0 Å². The number of morpholine rings is 1. The molecule has 2 N–H and O–H groups in total. The third-order valence-corrected chi connectivity index (χ3v) is 3.47. The average molecular weight is 288 g/mol. The summed E-state index contributed by atoms with van der Waals surface area (Å²) in [6.07, 6.45) is 3.97. The van der Waals surface area contributed by atoms with Crippen LogP contribution in [0.4, 0.5) is 11.8 Å². The lowest BCUT2D eigenvalue weighted by Gasteiger charge is -2.33. The van der Waals surface area contributed by atoms with Crippen molar-refractivity contribution >= 4 is 11.8 Å². The standard InChI is InChI=1S/C14H20N6O/c1-10-6-16-20(7-10)9-12-8-19(3-4-21-12)13-5-11(2)17-14(15)18-13/h5-7,12H,3-4,8-9H2,1-2H3,(H2,15,17,18)/t12-/m0/s1. The molecule has 0 unspecified atom stereocenters. The van der Waals surface area contributed by atoms with Crippen molar-refractivity contribution < 1.29 is 4.74 Å². The monoisotopic (exact) mass is 288 g/mol. The maximum absolute atomic E-state index is 5.83. The van der Waals surface area contributed by atoms with Gasteiger partial charge in [0.15, 0.2) is 0 Å². The van der Waals surface area contributed by atoms with Crippen molar-refractivity contribution in [3.63, 3.8) is 0 Å². The maximum Gasteiger partial charge on any atom is 0.222 e. The minimum atomic E-state index is 0.0922. The fraction of sp³-hybridized carbons (Fsp3) is 0.500. The van der Waals surface area contributed by atoms with Crippen LogP contribution in [0, 0.1) is 13.8 Å². The van der Waals surface area contributed by atoms with Crippen LogP contribution < -0.4 is 10.6 Å². The van der Waals surface area contributed by atoms with Crippen LogP contribution in [0.25, 0.3) is 0 Å². The Balaban J connectivity index is 1.70. The van der Waals surface area contributed by atoms with E-state index in [2.05, 4.69) is 20.0 Å². The second kappa shape index (κ2) is 5.69. The number of anilines is 2. The lowest BCUT2D eigenvalue weighted by Crippen LogP contribution is -2.44. The van der Waals surface area contributed by atoms with E-state index in [1.165, 1.54) is 0 Å². The van der Waals surface area contributed by atoms with Crippen molar-refractivity contribution in [1.29, 1.82) is 0 Å². The SMILES string of the molecule is Cc1cnn(C[C@@H]2CN(c3cc(C)nc(N)n3)CCO2)c1. The zero-order valence-corrected chi connectivity index (χ0v) is 12.4. The maximum atomic E-state index is 5.83. The van der Waals surface area contributed by atoms with Crippen LogP contribution >= 0.6 is 0 Å². The number of nitrogens with two attached hydrogens (primary N) is 1. The molecule has 1 aliphatic rings. The molecule has 1 atom stereocenters. The highest BCUT2D eigenvalue weighted by atomic mass is 16.5. The van der Waals surface area contributed by atoms with E-state index < -0.39 is 0 Å². The normalized spacial score (nSPS) is 19.0. The third kappa shape index (κ3) is 3.30. The highest BCUT2D eigenvalue weighted by Crippen LogP contribution is 2.17. The van der Waals surface area contributed by atoms with Gasteiger partial charge in [0, 0.05) is 31.0 Å². The molecule has 7 nitrogen and oxygen atoms in total. The Morgan fingerprint density at radius 2 is 2.24 bits per heavy atom. The van der Waals surface area contributed by atoms with Gasteiger partial charge in [-0.05, 0) is 19.4 Å². The van der Waals surface area contributed by atoms with E-state index in [1.54, 1.807) is 0 Å². The lowest BCUT2D eigenvalue weighted by molar-refractivity contribution is 0.0272. The molecule has 1 aliphatic heterocycles. The van der Waals surface area contributed by atoms with Crippen LogP contribution in [0.3, 0.4) is 0 Å². The molecule has 0 spiro atoms. The van der Waals surface area contributed by atoms with Crippen molar-refractivity contribution in [1.82, 2.24) is 19.7 Å². The highest BCUT2D eigenvalue weighted by Gasteiger charge is 2.22. The molecular formula is C14H20N6O. The number of rotatable bonds is 3. The molecule has 2 aromatic heterocycles. The van der Waals surface area contributed by atoms with E-state index >= 15 is 0 Å². The van der Waals surface area contributed by atoms with E-state index in [1.807, 2.05) is 37.0 Å². The van der Waals surface area contributed by atoms with Gasteiger partial charge in [0.2, 0.25) is 5.95 Å². The first-order valence-electron chi connectivity index (χ1n) is 7.07. The third-order valence-electron chi connectivity index (χ3n) is 3.47. The summed E-state index contributed by atoms with van der Waals surface area (Å²) in [7, 11) is 0. The molecular weight excluding hydrogens is 268 g/mol. The molecule has 112 valence electrons. The molecule has 0 aliphatic carbocycles. The van der Waals surface area contributed by atoms with Gasteiger partial charge in [-0.25, -0.2) is 4.98 Å². The quantitative estimate of drug-likeness (QED) is 0.898. The van der Waals surface area contributed by atoms with Gasteiger partial charge in [0.1, 0.15) is 5.82 Å². The van der Waals surface area contributed by atoms with Gasteiger partial charge < -0.3 is 15.4 Å². The fourth-order valence-electron chi connectivity index (χ4n) is 2.55. The number of hydrogen-bond acceptors (Lipinski definition) is 6. The summed E-state index contributed by atoms with van der Waals surface area (Å²) in [5.41, 5.74) is 7.77. The van der Waals surface area contributed by atoms with E-state index in [-0.39, 0.29) is 6.10 Å². The van der Waals surface area contributed by atoms with E-state index in [0.29, 0.717) is 12.6 Å². The minimum absolute atomic E-state index is 0.0922. The van der Waals surface area contributed by atoms with E-state index in [9.17, 15) is 0 Å². The minimum Gasteiger partial charge on any atom is -0.373 e. The summed E-state index contributed by atoms with van der Waals surface area (Å²) in [6, 6.07) is 1.96. The number of hydrogen-bond donors (Lipinski definition) is 1. The molecule has 3 heterocycles. The summed E-state index contributed by atoms with van der Waals surface area (Å²) in [5.74, 6) is 1.18. The van der Waals surface area contributed by atoms with Crippen molar-refractivity contribution in [3.05, 3.63) is 29.7 Å². The average Bonchev–Trinajstić information content (AvgIpc) is 2.83. The molecule has 0 aromatic carbocycles. The van der Waals surface area contributed by atoms with Crippen LogP contribution in [0.2, 0.25) is 0 Å². The summed E-state index contributed by atoms with van der Waals surface area (Å²) >= 11 is 0. The van der Waals surface area contributed by atoms with Crippen LogP contribution in [0.5, 0.6) is 0 Å². The predicted molar refractivity (Wildman–Crippen MR) is 80.1 cm³/mol. The first kappa shape index (κ1) is 13.8. The van der Waals surface area contributed by atoms with Crippen LogP contribution in [-0.2, 0) is 11.3 Å². The summed E-state index contributed by atoms with van der Waals surface area (Å²) in [5, 5.41) is 4.31. The fourth-order valence-corrected chi connectivity index (χ4v) is 2.55. The Labute approximate surface area is 123 Å². The van der Waals surface area contributed by atoms with Crippen molar-refractivity contribution in [3.8, 4) is 0 Å². The summed E-state index contributed by atoms with van der Waals surface area (Å²) in [6.45, 7) is 6.95. The summed E-state index contributed by atoms with van der Waals surface area (Å²) < 4.78 is 7.75. The topological polar surface area (TPSA) is 82.1 Å². The van der Waals surface area contributed by atoms with Crippen molar-refractivity contribution in [2.75, 3.05) is 30.3 Å². The van der Waals surface area contributed by atoms with Gasteiger partial charge in [-0.1, -0.05) is 0 Å². The number of nitrogens with zero attached hydrogens (tertiary/aromatic N) is 5. The molecule has 2 aromatic rings. The lowest BCUT2D eigenvalue weighted by atomic mass is 10.2. The Bertz CT molecular complexity index is 605. The number of aromatic nitrogens is 4. The Morgan fingerprint density at radius 3 is 2.95 bits per heavy atom.